The average Bonchev–Trinajstić information content (AvgIpc) is 2.64. The van der Waals surface area contributed by atoms with E-state index in [2.05, 4.69) is 4.98 Å². The van der Waals surface area contributed by atoms with E-state index in [1.165, 1.54) is 17.3 Å². The molecule has 1 unspecified atom stereocenters. The van der Waals surface area contributed by atoms with Gasteiger partial charge in [-0.2, -0.15) is 0 Å². The van der Waals surface area contributed by atoms with E-state index in [9.17, 15) is 9.59 Å². The monoisotopic (exact) mass is 244 g/mol. The molecule has 0 radical (unpaired) electrons. The van der Waals surface area contributed by atoms with Crippen molar-refractivity contribution in [3.05, 3.63) is 16.1 Å². The maximum Gasteiger partial charge on any atom is 0.355 e. The third kappa shape index (κ3) is 3.01. The third-order valence-electron chi connectivity index (χ3n) is 1.79. The highest BCUT2D eigenvalue weighted by molar-refractivity contribution is 7.11. The van der Waals surface area contributed by atoms with E-state index >= 15 is 0 Å². The lowest BCUT2D eigenvalue weighted by atomic mass is 10.3. The highest BCUT2D eigenvalue weighted by Gasteiger charge is 2.18. The fourth-order valence-electron chi connectivity index (χ4n) is 1.11. The number of amides is 1. The van der Waals surface area contributed by atoms with E-state index in [1.54, 1.807) is 6.92 Å². The second-order valence-corrected chi connectivity index (χ2v) is 4.24. The van der Waals surface area contributed by atoms with Crippen molar-refractivity contribution < 1.29 is 19.8 Å². The quantitative estimate of drug-likeness (QED) is 0.794. The van der Waals surface area contributed by atoms with E-state index < -0.39 is 18.0 Å². The van der Waals surface area contributed by atoms with Crippen LogP contribution in [0.4, 0.5) is 0 Å². The van der Waals surface area contributed by atoms with Crippen LogP contribution in [0.2, 0.25) is 0 Å². The van der Waals surface area contributed by atoms with Crippen molar-refractivity contribution in [3.8, 4) is 0 Å². The molecule has 0 aliphatic carbocycles. The summed E-state index contributed by atoms with van der Waals surface area (Å²) in [7, 11) is 1.52. The van der Waals surface area contributed by atoms with E-state index in [-0.39, 0.29) is 17.2 Å². The molecule has 7 heteroatoms. The molecular weight excluding hydrogens is 232 g/mol. The number of hydrogen-bond donors (Lipinski definition) is 2. The maximum atomic E-state index is 11.7. The molecule has 1 aromatic heterocycles. The summed E-state index contributed by atoms with van der Waals surface area (Å²) in [4.78, 5) is 27.2. The number of aliphatic hydroxyl groups excluding tert-OH is 1. The summed E-state index contributed by atoms with van der Waals surface area (Å²) in [6.07, 6.45) is -0.632. The van der Waals surface area contributed by atoms with Crippen LogP contribution in [0.5, 0.6) is 0 Å². The lowest BCUT2D eigenvalue weighted by molar-refractivity contribution is 0.0688. The third-order valence-corrected chi connectivity index (χ3v) is 2.62. The molecular formula is C9H12N2O4S. The van der Waals surface area contributed by atoms with Gasteiger partial charge in [0, 0.05) is 19.0 Å². The maximum absolute atomic E-state index is 11.7. The summed E-state index contributed by atoms with van der Waals surface area (Å²) in [5.74, 6) is -1.55. The van der Waals surface area contributed by atoms with Crippen LogP contribution in [0, 0.1) is 0 Å². The van der Waals surface area contributed by atoms with Gasteiger partial charge >= 0.3 is 5.97 Å². The van der Waals surface area contributed by atoms with Crippen molar-refractivity contribution >= 4 is 23.2 Å². The second kappa shape index (κ2) is 5.04. The predicted molar refractivity (Wildman–Crippen MR) is 57.7 cm³/mol. The summed E-state index contributed by atoms with van der Waals surface area (Å²) in [5.41, 5.74) is -0.140. The number of aromatic carboxylic acids is 1. The van der Waals surface area contributed by atoms with Crippen LogP contribution in [-0.4, -0.2) is 51.7 Å². The van der Waals surface area contributed by atoms with Crippen LogP contribution in [0.1, 0.15) is 27.2 Å². The number of nitrogens with zero attached hydrogens (tertiary/aromatic N) is 2. The van der Waals surface area contributed by atoms with Gasteiger partial charge in [-0.25, -0.2) is 9.78 Å². The molecule has 0 saturated carbocycles. The van der Waals surface area contributed by atoms with Crippen LogP contribution < -0.4 is 0 Å². The standard InChI is InChI=1S/C9H12N2O4S/c1-5(12)3-11(2)8(13)7-10-6(4-16-7)9(14)15/h4-5,12H,3H2,1-2H3,(H,14,15). The number of aliphatic hydroxyl groups is 1. The van der Waals surface area contributed by atoms with Gasteiger partial charge in [0.15, 0.2) is 10.7 Å². The number of aromatic nitrogens is 1. The van der Waals surface area contributed by atoms with Crippen LogP contribution in [0.25, 0.3) is 0 Å². The zero-order valence-corrected chi connectivity index (χ0v) is 9.69. The Bertz CT molecular complexity index is 402. The molecule has 0 saturated heterocycles. The highest BCUT2D eigenvalue weighted by atomic mass is 32.1. The fraction of sp³-hybridized carbons (Fsp3) is 0.444. The Kier molecular flexibility index (Phi) is 3.97. The van der Waals surface area contributed by atoms with Gasteiger partial charge in [-0.15, -0.1) is 11.3 Å². The smallest absolute Gasteiger partial charge is 0.355 e. The minimum absolute atomic E-state index is 0.112. The van der Waals surface area contributed by atoms with Gasteiger partial charge < -0.3 is 15.1 Å². The van der Waals surface area contributed by atoms with Crippen LogP contribution in [0.3, 0.4) is 0 Å². The van der Waals surface area contributed by atoms with Gasteiger partial charge in [-0.3, -0.25) is 4.79 Å². The molecule has 0 fully saturated rings. The summed E-state index contributed by atoms with van der Waals surface area (Å²) >= 11 is 0.977. The Morgan fingerprint density at radius 2 is 2.25 bits per heavy atom. The molecule has 0 spiro atoms. The zero-order valence-electron chi connectivity index (χ0n) is 8.88. The molecule has 1 aromatic rings. The number of carbonyl (C=O) groups is 2. The first kappa shape index (κ1) is 12.6. The van der Waals surface area contributed by atoms with Crippen molar-refractivity contribution in [2.24, 2.45) is 0 Å². The molecule has 88 valence electrons. The second-order valence-electron chi connectivity index (χ2n) is 3.38. The average molecular weight is 244 g/mol. The van der Waals surface area contributed by atoms with Gasteiger partial charge in [0.05, 0.1) is 6.10 Å². The molecule has 0 bridgehead atoms. The molecule has 1 atom stereocenters. The van der Waals surface area contributed by atoms with Crippen molar-refractivity contribution in [2.45, 2.75) is 13.0 Å². The molecule has 1 rings (SSSR count). The van der Waals surface area contributed by atoms with Gasteiger partial charge in [0.25, 0.3) is 5.91 Å². The summed E-state index contributed by atoms with van der Waals surface area (Å²) < 4.78 is 0. The van der Waals surface area contributed by atoms with Crippen molar-refractivity contribution in [1.29, 1.82) is 0 Å². The molecule has 16 heavy (non-hydrogen) atoms. The number of hydrogen-bond acceptors (Lipinski definition) is 5. The number of carboxylic acid groups (broad SMARTS) is 1. The van der Waals surface area contributed by atoms with Gasteiger partial charge in [0.2, 0.25) is 0 Å². The summed E-state index contributed by atoms with van der Waals surface area (Å²) in [5, 5.41) is 19.2. The molecule has 1 heterocycles. The Balaban J connectivity index is 2.76. The Hall–Kier alpha value is -1.47. The first-order valence-electron chi connectivity index (χ1n) is 4.54. The molecule has 0 aromatic carbocycles. The van der Waals surface area contributed by atoms with Crippen LogP contribution >= 0.6 is 11.3 Å². The zero-order chi connectivity index (χ0) is 12.3. The molecule has 2 N–H and O–H groups in total. The van der Waals surface area contributed by atoms with E-state index in [4.69, 9.17) is 10.2 Å². The Labute approximate surface area is 96.2 Å². The van der Waals surface area contributed by atoms with Gasteiger partial charge in [0.1, 0.15) is 0 Å². The highest BCUT2D eigenvalue weighted by Crippen LogP contribution is 2.12. The first-order chi connectivity index (χ1) is 7.41. The van der Waals surface area contributed by atoms with Gasteiger partial charge in [-0.05, 0) is 6.92 Å². The molecule has 0 aliphatic heterocycles. The van der Waals surface area contributed by atoms with Crippen molar-refractivity contribution in [1.82, 2.24) is 9.88 Å². The lowest BCUT2D eigenvalue weighted by Crippen LogP contribution is -2.33. The normalized spacial score (nSPS) is 12.2. The van der Waals surface area contributed by atoms with Crippen molar-refractivity contribution in [2.75, 3.05) is 13.6 Å². The number of carbonyl (C=O) groups excluding carboxylic acids is 1. The minimum atomic E-state index is -1.16. The summed E-state index contributed by atoms with van der Waals surface area (Å²) in [6, 6.07) is 0. The van der Waals surface area contributed by atoms with Gasteiger partial charge in [-0.1, -0.05) is 0 Å². The van der Waals surface area contributed by atoms with E-state index in [0.717, 1.165) is 11.3 Å². The minimum Gasteiger partial charge on any atom is -0.476 e. The SMILES string of the molecule is CC(O)CN(C)C(=O)c1nc(C(=O)O)cs1. The van der Waals surface area contributed by atoms with E-state index in [1.807, 2.05) is 0 Å². The predicted octanol–water partition coefficient (Wildman–Crippen LogP) is 0.294. The fourth-order valence-corrected chi connectivity index (χ4v) is 1.90. The summed E-state index contributed by atoms with van der Waals surface area (Å²) in [6.45, 7) is 1.75. The first-order valence-corrected chi connectivity index (χ1v) is 5.42. The number of thiazole rings is 1. The van der Waals surface area contributed by atoms with E-state index in [0.29, 0.717) is 0 Å². The Morgan fingerprint density at radius 1 is 1.62 bits per heavy atom. The molecule has 0 aliphatic rings. The lowest BCUT2D eigenvalue weighted by Gasteiger charge is -2.16. The largest absolute Gasteiger partial charge is 0.476 e. The number of carboxylic acids is 1. The number of likely N-dealkylation sites (N-methyl/N-ethyl adjacent to an activating group) is 1. The topological polar surface area (TPSA) is 90.7 Å². The van der Waals surface area contributed by atoms with Crippen LogP contribution in [0.15, 0.2) is 5.38 Å². The van der Waals surface area contributed by atoms with Crippen LogP contribution in [-0.2, 0) is 0 Å². The molecule has 6 nitrogen and oxygen atoms in total. The van der Waals surface area contributed by atoms with Crippen molar-refractivity contribution in [3.63, 3.8) is 0 Å². The molecule has 1 amide bonds. The number of rotatable bonds is 4. The Morgan fingerprint density at radius 3 is 2.69 bits per heavy atom.